The van der Waals surface area contributed by atoms with Gasteiger partial charge in [-0.3, -0.25) is 14.4 Å². The molecule has 2 rings (SSSR count). The summed E-state index contributed by atoms with van der Waals surface area (Å²) in [5.41, 5.74) is 2.42. The number of esters is 1. The molecule has 0 unspecified atom stereocenters. The van der Waals surface area contributed by atoms with Gasteiger partial charge in [0.2, 0.25) is 11.8 Å². The van der Waals surface area contributed by atoms with E-state index in [1.165, 1.54) is 11.8 Å². The van der Waals surface area contributed by atoms with Crippen LogP contribution in [-0.2, 0) is 19.1 Å². The second-order valence-electron chi connectivity index (χ2n) is 6.66. The van der Waals surface area contributed by atoms with Crippen LogP contribution < -0.4 is 10.6 Å². The molecule has 0 saturated carbocycles. The maximum atomic E-state index is 12.3. The van der Waals surface area contributed by atoms with Gasteiger partial charge in [-0.1, -0.05) is 17.7 Å². The second kappa shape index (κ2) is 10.8. The number of benzene rings is 2. The molecular formula is C22H25N3O5. The molecule has 0 aliphatic rings. The number of hydrogen-bond acceptors (Lipinski definition) is 5. The highest BCUT2D eigenvalue weighted by Crippen LogP contribution is 2.13. The Morgan fingerprint density at radius 2 is 1.60 bits per heavy atom. The average molecular weight is 411 g/mol. The summed E-state index contributed by atoms with van der Waals surface area (Å²) in [5.74, 6) is -1.63. The van der Waals surface area contributed by atoms with Crippen molar-refractivity contribution in [1.29, 1.82) is 0 Å². The highest BCUT2D eigenvalue weighted by molar-refractivity contribution is 5.96. The molecule has 0 bridgehead atoms. The van der Waals surface area contributed by atoms with Crippen molar-refractivity contribution in [2.45, 2.75) is 20.8 Å². The fourth-order valence-electron chi connectivity index (χ4n) is 2.66. The fraction of sp³-hybridized carbons (Fsp3) is 0.273. The standard InChI is InChI=1S/C22H25N3O5/c1-4-25(21(28)14-30-22(29)17-7-5-6-15(2)12-17)13-20(27)24-19-10-8-18(9-11-19)23-16(3)26/h5-12H,4,13-14H2,1-3H3,(H,23,26)(H,24,27). The zero-order chi connectivity index (χ0) is 22.1. The van der Waals surface area contributed by atoms with Crippen LogP contribution in [0.2, 0.25) is 0 Å². The molecule has 8 heteroatoms. The van der Waals surface area contributed by atoms with Crippen LogP contribution in [0.1, 0.15) is 29.8 Å². The molecule has 0 aromatic heterocycles. The van der Waals surface area contributed by atoms with Crippen LogP contribution in [0, 0.1) is 6.92 Å². The number of carbonyl (C=O) groups is 4. The minimum Gasteiger partial charge on any atom is -0.452 e. The summed E-state index contributed by atoms with van der Waals surface area (Å²) in [6.07, 6.45) is 0. The van der Waals surface area contributed by atoms with E-state index in [2.05, 4.69) is 10.6 Å². The lowest BCUT2D eigenvalue weighted by molar-refractivity contribution is -0.137. The molecule has 2 aromatic carbocycles. The maximum absolute atomic E-state index is 12.3. The third kappa shape index (κ3) is 7.05. The summed E-state index contributed by atoms with van der Waals surface area (Å²) in [7, 11) is 0. The number of hydrogen-bond donors (Lipinski definition) is 2. The van der Waals surface area contributed by atoms with E-state index in [0.717, 1.165) is 5.56 Å². The van der Waals surface area contributed by atoms with Gasteiger partial charge in [0.05, 0.1) is 12.1 Å². The zero-order valence-corrected chi connectivity index (χ0v) is 17.2. The number of aryl methyl sites for hydroxylation is 1. The molecule has 2 N–H and O–H groups in total. The van der Waals surface area contributed by atoms with Crippen molar-refractivity contribution >= 4 is 35.1 Å². The Morgan fingerprint density at radius 1 is 0.967 bits per heavy atom. The molecule has 158 valence electrons. The Balaban J connectivity index is 1.85. The smallest absolute Gasteiger partial charge is 0.338 e. The number of rotatable bonds is 8. The molecule has 0 saturated heterocycles. The van der Waals surface area contributed by atoms with E-state index in [9.17, 15) is 19.2 Å². The van der Waals surface area contributed by atoms with Gasteiger partial charge in [-0.15, -0.1) is 0 Å². The summed E-state index contributed by atoms with van der Waals surface area (Å²) >= 11 is 0. The number of nitrogens with zero attached hydrogens (tertiary/aromatic N) is 1. The fourth-order valence-corrected chi connectivity index (χ4v) is 2.66. The number of nitrogens with one attached hydrogen (secondary N) is 2. The van der Waals surface area contributed by atoms with Crippen LogP contribution >= 0.6 is 0 Å². The Kier molecular flexibility index (Phi) is 8.10. The number of carbonyl (C=O) groups excluding carboxylic acids is 4. The van der Waals surface area contributed by atoms with E-state index in [1.54, 1.807) is 49.4 Å². The summed E-state index contributed by atoms with van der Waals surface area (Å²) < 4.78 is 5.08. The van der Waals surface area contributed by atoms with Gasteiger partial charge in [0.25, 0.3) is 5.91 Å². The Labute approximate surface area is 175 Å². The van der Waals surface area contributed by atoms with Gasteiger partial charge in [-0.25, -0.2) is 4.79 Å². The van der Waals surface area contributed by atoms with Crippen LogP contribution in [0.25, 0.3) is 0 Å². The van der Waals surface area contributed by atoms with Crippen LogP contribution in [0.4, 0.5) is 11.4 Å². The van der Waals surface area contributed by atoms with E-state index in [-0.39, 0.29) is 24.9 Å². The van der Waals surface area contributed by atoms with E-state index in [1.807, 2.05) is 13.0 Å². The lowest BCUT2D eigenvalue weighted by Crippen LogP contribution is -2.40. The molecule has 0 fully saturated rings. The minimum atomic E-state index is -0.591. The van der Waals surface area contributed by atoms with Gasteiger partial charge in [-0.05, 0) is 50.2 Å². The van der Waals surface area contributed by atoms with E-state index in [0.29, 0.717) is 16.9 Å². The van der Waals surface area contributed by atoms with Crippen LogP contribution in [0.15, 0.2) is 48.5 Å². The summed E-state index contributed by atoms with van der Waals surface area (Å²) in [6, 6.07) is 13.5. The predicted molar refractivity (Wildman–Crippen MR) is 113 cm³/mol. The first-order valence-electron chi connectivity index (χ1n) is 9.47. The lowest BCUT2D eigenvalue weighted by Gasteiger charge is -2.20. The zero-order valence-electron chi connectivity index (χ0n) is 17.2. The summed E-state index contributed by atoms with van der Waals surface area (Å²) in [6.45, 7) is 4.66. The van der Waals surface area contributed by atoms with Crippen LogP contribution in [0.3, 0.4) is 0 Å². The normalized spacial score (nSPS) is 10.1. The van der Waals surface area contributed by atoms with Crippen molar-refractivity contribution in [3.63, 3.8) is 0 Å². The number of amides is 3. The SMILES string of the molecule is CCN(CC(=O)Nc1ccc(NC(C)=O)cc1)C(=O)COC(=O)c1cccc(C)c1. The van der Waals surface area contributed by atoms with Gasteiger partial charge in [0, 0.05) is 24.8 Å². The van der Waals surface area contributed by atoms with E-state index in [4.69, 9.17) is 4.74 Å². The highest BCUT2D eigenvalue weighted by Gasteiger charge is 2.18. The van der Waals surface area contributed by atoms with Gasteiger partial charge in [-0.2, -0.15) is 0 Å². The molecule has 0 heterocycles. The average Bonchev–Trinajstić information content (AvgIpc) is 2.71. The van der Waals surface area contributed by atoms with Crippen molar-refractivity contribution in [1.82, 2.24) is 4.90 Å². The molecular weight excluding hydrogens is 386 g/mol. The molecule has 0 spiro atoms. The molecule has 0 aliphatic heterocycles. The monoisotopic (exact) mass is 411 g/mol. The topological polar surface area (TPSA) is 105 Å². The van der Waals surface area contributed by atoms with Crippen molar-refractivity contribution in [2.75, 3.05) is 30.3 Å². The summed E-state index contributed by atoms with van der Waals surface area (Å²) in [5, 5.41) is 5.32. The van der Waals surface area contributed by atoms with Crippen molar-refractivity contribution in [3.05, 3.63) is 59.7 Å². The van der Waals surface area contributed by atoms with Crippen LogP contribution in [0.5, 0.6) is 0 Å². The summed E-state index contributed by atoms with van der Waals surface area (Å²) in [4.78, 5) is 49.0. The van der Waals surface area contributed by atoms with Crippen molar-refractivity contribution in [2.24, 2.45) is 0 Å². The Bertz CT molecular complexity index is 925. The van der Waals surface area contributed by atoms with Crippen molar-refractivity contribution in [3.8, 4) is 0 Å². The largest absolute Gasteiger partial charge is 0.452 e. The van der Waals surface area contributed by atoms with Gasteiger partial charge in [0.15, 0.2) is 6.61 Å². The van der Waals surface area contributed by atoms with Crippen LogP contribution in [-0.4, -0.2) is 48.3 Å². The van der Waals surface area contributed by atoms with E-state index >= 15 is 0 Å². The molecule has 30 heavy (non-hydrogen) atoms. The predicted octanol–water partition coefficient (Wildman–Crippen LogP) is 2.60. The minimum absolute atomic E-state index is 0.176. The quantitative estimate of drug-likeness (QED) is 0.650. The highest BCUT2D eigenvalue weighted by atomic mass is 16.5. The van der Waals surface area contributed by atoms with E-state index < -0.39 is 18.5 Å². The molecule has 2 aromatic rings. The first-order chi connectivity index (χ1) is 14.3. The maximum Gasteiger partial charge on any atom is 0.338 e. The third-order valence-corrected chi connectivity index (χ3v) is 4.14. The van der Waals surface area contributed by atoms with Gasteiger partial charge in [0.1, 0.15) is 0 Å². The van der Waals surface area contributed by atoms with Gasteiger partial charge >= 0.3 is 5.97 Å². The lowest BCUT2D eigenvalue weighted by atomic mass is 10.1. The third-order valence-electron chi connectivity index (χ3n) is 4.14. The van der Waals surface area contributed by atoms with Gasteiger partial charge < -0.3 is 20.3 Å². The van der Waals surface area contributed by atoms with Crippen molar-refractivity contribution < 1.29 is 23.9 Å². The number of likely N-dealkylation sites (N-methyl/N-ethyl adjacent to an activating group) is 1. The molecule has 0 radical (unpaired) electrons. The second-order valence-corrected chi connectivity index (χ2v) is 6.66. The Morgan fingerprint density at radius 3 is 2.17 bits per heavy atom. The number of anilines is 2. The molecule has 0 aliphatic carbocycles. The number of ether oxygens (including phenoxy) is 1. The Hall–Kier alpha value is -3.68. The first-order valence-corrected chi connectivity index (χ1v) is 9.47. The first kappa shape index (κ1) is 22.6. The molecule has 8 nitrogen and oxygen atoms in total. The molecule has 3 amide bonds. The molecule has 0 atom stereocenters.